The Morgan fingerprint density at radius 3 is 2.54 bits per heavy atom. The van der Waals surface area contributed by atoms with Crippen LogP contribution in [0.3, 0.4) is 0 Å². The maximum absolute atomic E-state index is 12.8. The normalized spacial score (nSPS) is 11.2. The highest BCUT2D eigenvalue weighted by atomic mass is 32.2. The van der Waals surface area contributed by atoms with Crippen molar-refractivity contribution < 1.29 is 32.2 Å². The summed E-state index contributed by atoms with van der Waals surface area (Å²) in [5.41, 5.74) is 1.48. The largest absolute Gasteiger partial charge is 0.508 e. The molecule has 0 radical (unpaired) electrons. The number of phenolic OH excluding ortho intramolecular Hbond substituents is 1. The molecule has 0 atom stereocenters. The van der Waals surface area contributed by atoms with Crippen molar-refractivity contribution >= 4 is 15.8 Å². The van der Waals surface area contributed by atoms with Crippen molar-refractivity contribution in [1.82, 2.24) is 0 Å². The molecule has 1 heterocycles. The van der Waals surface area contributed by atoms with Gasteiger partial charge in [0.1, 0.15) is 17.1 Å². The van der Waals surface area contributed by atoms with Gasteiger partial charge in [-0.25, -0.2) is 13.2 Å². The topological polar surface area (TPSA) is 103 Å². The number of benzene rings is 2. The number of esters is 1. The molecule has 0 aliphatic heterocycles. The van der Waals surface area contributed by atoms with Gasteiger partial charge in [0.25, 0.3) is 0 Å². The van der Waals surface area contributed by atoms with E-state index in [0.29, 0.717) is 11.1 Å². The molecular weight excluding hydrogens is 384 g/mol. The Balaban J connectivity index is 2.14. The number of phenols is 1. The second-order valence-electron chi connectivity index (χ2n) is 5.94. The van der Waals surface area contributed by atoms with Crippen LogP contribution in [0.2, 0.25) is 0 Å². The van der Waals surface area contributed by atoms with Crippen molar-refractivity contribution in [1.29, 1.82) is 0 Å². The molecule has 1 N–H and O–H groups in total. The van der Waals surface area contributed by atoms with Crippen molar-refractivity contribution in [3.63, 3.8) is 0 Å². The Bertz CT molecular complexity index is 1100. The molecule has 3 aromatic rings. The number of rotatable bonds is 6. The van der Waals surface area contributed by atoms with Gasteiger partial charge in [-0.2, -0.15) is 0 Å². The molecule has 1 aromatic heterocycles. The molecule has 2 aromatic carbocycles. The number of ether oxygens (including phenoxy) is 2. The van der Waals surface area contributed by atoms with Crippen LogP contribution in [0.15, 0.2) is 64.3 Å². The smallest absolute Gasteiger partial charge is 0.341 e. The lowest BCUT2D eigenvalue weighted by Gasteiger charge is -2.16. The minimum absolute atomic E-state index is 0.0208. The predicted molar refractivity (Wildman–Crippen MR) is 101 cm³/mol. The minimum atomic E-state index is -3.83. The Labute approximate surface area is 162 Å². The number of aromatic hydroxyl groups is 1. The first-order valence-electron chi connectivity index (χ1n) is 8.20. The van der Waals surface area contributed by atoms with Gasteiger partial charge in [-0.1, -0.05) is 18.2 Å². The van der Waals surface area contributed by atoms with E-state index in [-0.39, 0.29) is 27.5 Å². The predicted octanol–water partition coefficient (Wildman–Crippen LogP) is 3.42. The summed E-state index contributed by atoms with van der Waals surface area (Å²) >= 11 is 0. The van der Waals surface area contributed by atoms with Crippen LogP contribution < -0.4 is 4.74 Å². The van der Waals surface area contributed by atoms with E-state index < -0.39 is 21.6 Å². The van der Waals surface area contributed by atoms with Gasteiger partial charge in [-0.3, -0.25) is 0 Å². The maximum Gasteiger partial charge on any atom is 0.341 e. The standard InChI is InChI=1S/C20H18O7S/c1-25-19-17(13-8-9-27-11-13)7-6-14(18(19)20(22)26-2)12-28(23,24)16-5-3-4-15(21)10-16/h3-11,21H,12H2,1-2H3. The molecule has 0 bridgehead atoms. The lowest BCUT2D eigenvalue weighted by atomic mass is 9.99. The van der Waals surface area contributed by atoms with Crippen LogP contribution in [0.4, 0.5) is 0 Å². The fourth-order valence-corrected chi connectivity index (χ4v) is 4.29. The van der Waals surface area contributed by atoms with Crippen LogP contribution in [-0.4, -0.2) is 33.7 Å². The first kappa shape index (κ1) is 19.5. The van der Waals surface area contributed by atoms with Crippen molar-refractivity contribution in [3.8, 4) is 22.6 Å². The second kappa shape index (κ2) is 7.77. The summed E-state index contributed by atoms with van der Waals surface area (Å²) in [5.74, 6) is -1.16. The van der Waals surface area contributed by atoms with Crippen molar-refractivity contribution in [2.24, 2.45) is 0 Å². The first-order chi connectivity index (χ1) is 13.4. The number of carbonyl (C=O) groups excluding carboxylic acids is 1. The third-order valence-corrected chi connectivity index (χ3v) is 5.86. The summed E-state index contributed by atoms with van der Waals surface area (Å²) in [6.07, 6.45) is 2.97. The lowest BCUT2D eigenvalue weighted by Crippen LogP contribution is -2.13. The number of hydrogen-bond acceptors (Lipinski definition) is 7. The Hall–Kier alpha value is -3.26. The summed E-state index contributed by atoms with van der Waals surface area (Å²) in [7, 11) is -1.24. The quantitative estimate of drug-likeness (QED) is 0.630. The molecule has 8 heteroatoms. The van der Waals surface area contributed by atoms with Crippen LogP contribution in [-0.2, 0) is 20.3 Å². The molecule has 0 aliphatic carbocycles. The van der Waals surface area contributed by atoms with Crippen LogP contribution >= 0.6 is 0 Å². The average Bonchev–Trinajstić information content (AvgIpc) is 3.21. The lowest BCUT2D eigenvalue weighted by molar-refractivity contribution is 0.0596. The van der Waals surface area contributed by atoms with Crippen molar-refractivity contribution in [2.45, 2.75) is 10.6 Å². The van der Waals surface area contributed by atoms with E-state index in [0.717, 1.165) is 6.07 Å². The van der Waals surface area contributed by atoms with Crippen molar-refractivity contribution in [2.75, 3.05) is 14.2 Å². The summed E-state index contributed by atoms with van der Waals surface area (Å²) in [6.45, 7) is 0. The number of sulfone groups is 1. The van der Waals surface area contributed by atoms with Gasteiger partial charge in [0.05, 0.1) is 37.4 Å². The van der Waals surface area contributed by atoms with Crippen LogP contribution in [0.1, 0.15) is 15.9 Å². The molecule has 28 heavy (non-hydrogen) atoms. The third-order valence-electron chi connectivity index (χ3n) is 4.19. The van der Waals surface area contributed by atoms with E-state index in [1.807, 2.05) is 0 Å². The minimum Gasteiger partial charge on any atom is -0.508 e. The highest BCUT2D eigenvalue weighted by molar-refractivity contribution is 7.90. The molecule has 146 valence electrons. The van der Waals surface area contributed by atoms with Gasteiger partial charge in [0, 0.05) is 11.1 Å². The Kier molecular flexibility index (Phi) is 5.41. The Morgan fingerprint density at radius 1 is 1.14 bits per heavy atom. The zero-order valence-corrected chi connectivity index (χ0v) is 16.0. The van der Waals surface area contributed by atoms with E-state index in [9.17, 15) is 18.3 Å². The molecule has 0 unspecified atom stereocenters. The van der Waals surface area contributed by atoms with Gasteiger partial charge in [0.2, 0.25) is 0 Å². The molecular formula is C20H18O7S. The zero-order chi connectivity index (χ0) is 20.3. The second-order valence-corrected chi connectivity index (χ2v) is 7.93. The molecule has 3 rings (SSSR count). The van der Waals surface area contributed by atoms with Gasteiger partial charge in [-0.15, -0.1) is 0 Å². The molecule has 0 saturated heterocycles. The highest BCUT2D eigenvalue weighted by Crippen LogP contribution is 2.37. The van der Waals surface area contributed by atoms with E-state index in [2.05, 4.69) is 0 Å². The van der Waals surface area contributed by atoms with Gasteiger partial charge < -0.3 is 19.0 Å². The van der Waals surface area contributed by atoms with Crippen LogP contribution in [0.25, 0.3) is 11.1 Å². The van der Waals surface area contributed by atoms with Gasteiger partial charge in [0.15, 0.2) is 9.84 Å². The zero-order valence-electron chi connectivity index (χ0n) is 15.2. The first-order valence-corrected chi connectivity index (χ1v) is 9.85. The summed E-state index contributed by atoms with van der Waals surface area (Å²) in [5, 5.41) is 9.58. The maximum atomic E-state index is 12.8. The molecule has 0 amide bonds. The fourth-order valence-electron chi connectivity index (χ4n) is 2.89. The van der Waals surface area contributed by atoms with Crippen LogP contribution in [0.5, 0.6) is 11.5 Å². The monoisotopic (exact) mass is 402 g/mol. The number of methoxy groups -OCH3 is 2. The van der Waals surface area contributed by atoms with E-state index in [1.54, 1.807) is 12.1 Å². The van der Waals surface area contributed by atoms with Gasteiger partial charge >= 0.3 is 5.97 Å². The molecule has 0 aliphatic rings. The molecule has 0 fully saturated rings. The highest BCUT2D eigenvalue weighted by Gasteiger charge is 2.26. The van der Waals surface area contributed by atoms with Crippen molar-refractivity contribution in [3.05, 3.63) is 66.1 Å². The van der Waals surface area contributed by atoms with Gasteiger partial charge in [-0.05, 0) is 29.8 Å². The number of hydrogen-bond donors (Lipinski definition) is 1. The number of carbonyl (C=O) groups is 1. The molecule has 0 saturated carbocycles. The van der Waals surface area contributed by atoms with E-state index in [1.165, 1.54) is 51.0 Å². The van der Waals surface area contributed by atoms with E-state index >= 15 is 0 Å². The summed E-state index contributed by atoms with van der Waals surface area (Å²) < 4.78 is 41.0. The molecule has 7 nitrogen and oxygen atoms in total. The SMILES string of the molecule is COC(=O)c1c(CS(=O)(=O)c2cccc(O)c2)ccc(-c2ccoc2)c1OC. The molecule has 0 spiro atoms. The summed E-state index contributed by atoms with van der Waals surface area (Å²) in [4.78, 5) is 12.4. The third kappa shape index (κ3) is 3.72. The Morgan fingerprint density at radius 2 is 1.93 bits per heavy atom. The van der Waals surface area contributed by atoms with E-state index in [4.69, 9.17) is 13.9 Å². The summed E-state index contributed by atoms with van der Waals surface area (Å²) in [6, 6.07) is 10.2. The van der Waals surface area contributed by atoms with Crippen LogP contribution in [0, 0.1) is 0 Å². The number of furan rings is 1. The fraction of sp³-hybridized carbons (Fsp3) is 0.150. The average molecular weight is 402 g/mol.